The molecule has 0 bridgehead atoms. The topological polar surface area (TPSA) is 54.1 Å². The van der Waals surface area contributed by atoms with E-state index in [0.717, 1.165) is 44.6 Å². The summed E-state index contributed by atoms with van der Waals surface area (Å²) in [7, 11) is 0. The van der Waals surface area contributed by atoms with Crippen molar-refractivity contribution in [3.05, 3.63) is 59.4 Å². The molecule has 4 aromatic rings. The van der Waals surface area contributed by atoms with Crippen molar-refractivity contribution in [2.24, 2.45) is 0 Å². The van der Waals surface area contributed by atoms with Gasteiger partial charge in [-0.25, -0.2) is 26.9 Å². The lowest BCUT2D eigenvalue weighted by Gasteiger charge is -2.23. The molecule has 0 amide bonds. The van der Waals surface area contributed by atoms with E-state index < -0.39 is 23.3 Å². The van der Waals surface area contributed by atoms with Gasteiger partial charge in [0, 0.05) is 37.0 Å². The minimum Gasteiger partial charge on any atom is -0.356 e. The Morgan fingerprint density at radius 1 is 0.743 bits per heavy atom. The summed E-state index contributed by atoms with van der Waals surface area (Å²) in [5.74, 6) is -2.25. The van der Waals surface area contributed by atoms with Crippen molar-refractivity contribution in [3.8, 4) is 0 Å². The van der Waals surface area contributed by atoms with Crippen LogP contribution in [0.15, 0.2) is 30.6 Å². The van der Waals surface area contributed by atoms with Gasteiger partial charge in [0.1, 0.15) is 23.3 Å². The maximum atomic E-state index is 13.9. The SMILES string of the molecule is Cc1c(F)cc2c(cnn2C2CCCCO2)c1F.Fc1cc(F)c2cnn(C3CCCCO3)c2c1. The van der Waals surface area contributed by atoms with Crippen LogP contribution in [0.5, 0.6) is 0 Å². The Labute approximate surface area is 199 Å². The molecule has 2 aliphatic heterocycles. The molecule has 10 heteroatoms. The summed E-state index contributed by atoms with van der Waals surface area (Å²) in [6.45, 7) is 2.77. The predicted octanol–water partition coefficient (Wildman–Crippen LogP) is 6.34. The summed E-state index contributed by atoms with van der Waals surface area (Å²) in [6.07, 6.45) is 8.24. The Hall–Kier alpha value is -2.98. The van der Waals surface area contributed by atoms with Crippen LogP contribution in [0.4, 0.5) is 17.6 Å². The van der Waals surface area contributed by atoms with E-state index in [4.69, 9.17) is 9.47 Å². The highest BCUT2D eigenvalue weighted by Gasteiger charge is 2.22. The quantitative estimate of drug-likeness (QED) is 0.308. The van der Waals surface area contributed by atoms with Crippen molar-refractivity contribution < 1.29 is 27.0 Å². The van der Waals surface area contributed by atoms with Crippen molar-refractivity contribution in [2.45, 2.75) is 57.9 Å². The summed E-state index contributed by atoms with van der Waals surface area (Å²) in [4.78, 5) is 0. The summed E-state index contributed by atoms with van der Waals surface area (Å²) < 4.78 is 68.5. The van der Waals surface area contributed by atoms with Crippen LogP contribution in [0.25, 0.3) is 21.8 Å². The number of nitrogens with zero attached hydrogens (tertiary/aromatic N) is 4. The second kappa shape index (κ2) is 9.94. The molecular formula is C25H26F4N4O2. The van der Waals surface area contributed by atoms with Crippen molar-refractivity contribution in [3.63, 3.8) is 0 Å². The molecule has 2 aromatic carbocycles. The number of aromatic nitrogens is 4. The molecule has 2 fully saturated rings. The predicted molar refractivity (Wildman–Crippen MR) is 122 cm³/mol. The Morgan fingerprint density at radius 2 is 1.31 bits per heavy atom. The van der Waals surface area contributed by atoms with Crippen molar-refractivity contribution >= 4 is 21.8 Å². The normalized spacial score (nSPS) is 20.7. The highest BCUT2D eigenvalue weighted by Crippen LogP contribution is 2.30. The van der Waals surface area contributed by atoms with Gasteiger partial charge in [0.25, 0.3) is 0 Å². The highest BCUT2D eigenvalue weighted by molar-refractivity contribution is 5.80. The summed E-state index contributed by atoms with van der Waals surface area (Å²) in [6, 6.07) is 3.50. The zero-order valence-corrected chi connectivity index (χ0v) is 19.3. The zero-order chi connectivity index (χ0) is 24.5. The lowest BCUT2D eigenvalue weighted by Crippen LogP contribution is -2.19. The van der Waals surface area contributed by atoms with E-state index in [2.05, 4.69) is 10.2 Å². The van der Waals surface area contributed by atoms with E-state index in [1.54, 1.807) is 9.36 Å². The van der Waals surface area contributed by atoms with Crippen LogP contribution in [-0.4, -0.2) is 32.8 Å². The zero-order valence-electron chi connectivity index (χ0n) is 19.3. The molecule has 35 heavy (non-hydrogen) atoms. The first-order valence-electron chi connectivity index (χ1n) is 11.8. The lowest BCUT2D eigenvalue weighted by molar-refractivity contribution is -0.0368. The first kappa shape index (κ1) is 23.7. The molecule has 0 spiro atoms. The molecule has 2 aliphatic rings. The minimum atomic E-state index is -0.590. The highest BCUT2D eigenvalue weighted by atomic mass is 19.1. The molecule has 6 nitrogen and oxygen atoms in total. The van der Waals surface area contributed by atoms with Crippen LogP contribution in [0.3, 0.4) is 0 Å². The monoisotopic (exact) mass is 490 g/mol. The fraction of sp³-hybridized carbons (Fsp3) is 0.440. The first-order valence-corrected chi connectivity index (χ1v) is 11.8. The van der Waals surface area contributed by atoms with E-state index in [9.17, 15) is 17.6 Å². The number of ether oxygens (including phenoxy) is 2. The molecule has 2 saturated heterocycles. The second-order valence-electron chi connectivity index (χ2n) is 8.87. The van der Waals surface area contributed by atoms with Crippen molar-refractivity contribution in [1.29, 1.82) is 0 Å². The van der Waals surface area contributed by atoms with Crippen LogP contribution in [0.2, 0.25) is 0 Å². The molecule has 0 radical (unpaired) electrons. The van der Waals surface area contributed by atoms with Crippen LogP contribution in [0.1, 0.15) is 56.5 Å². The first-order chi connectivity index (χ1) is 16.9. The third-order valence-corrected chi connectivity index (χ3v) is 6.51. The van der Waals surface area contributed by atoms with Crippen molar-refractivity contribution in [1.82, 2.24) is 19.6 Å². The summed E-state index contributed by atoms with van der Waals surface area (Å²) in [5, 5.41) is 8.94. The van der Waals surface area contributed by atoms with Gasteiger partial charge >= 0.3 is 0 Å². The van der Waals surface area contributed by atoms with Gasteiger partial charge in [0.05, 0.1) is 34.2 Å². The molecule has 0 saturated carbocycles. The van der Waals surface area contributed by atoms with Crippen LogP contribution < -0.4 is 0 Å². The number of halogens is 4. The number of rotatable bonds is 2. The molecule has 186 valence electrons. The standard InChI is InChI=1S/C13H14F2N2O.C12H12F2N2O/c1-8-10(14)6-11-9(13(8)15)7-16-17(11)12-4-2-3-5-18-12;13-8-5-10(14)9-7-15-16(11(9)6-8)12-3-1-2-4-17-12/h6-7,12H,2-5H2,1H3;5-7,12H,1-4H2. The van der Waals surface area contributed by atoms with Gasteiger partial charge in [0.2, 0.25) is 0 Å². The summed E-state index contributed by atoms with van der Waals surface area (Å²) >= 11 is 0. The molecule has 2 unspecified atom stereocenters. The Kier molecular flexibility index (Phi) is 6.75. The number of hydrogen-bond acceptors (Lipinski definition) is 4. The fourth-order valence-corrected chi connectivity index (χ4v) is 4.58. The third kappa shape index (κ3) is 4.64. The lowest BCUT2D eigenvalue weighted by atomic mass is 10.1. The van der Waals surface area contributed by atoms with Gasteiger partial charge in [-0.3, -0.25) is 0 Å². The average Bonchev–Trinajstić information content (AvgIpc) is 3.49. The molecule has 6 rings (SSSR count). The number of hydrogen-bond donors (Lipinski definition) is 0. The number of fused-ring (bicyclic) bond motifs is 2. The molecule has 0 aliphatic carbocycles. The van der Waals surface area contributed by atoms with E-state index in [1.807, 2.05) is 0 Å². The minimum absolute atomic E-state index is 0.0339. The van der Waals surface area contributed by atoms with Crippen molar-refractivity contribution in [2.75, 3.05) is 13.2 Å². The fourth-order valence-electron chi connectivity index (χ4n) is 4.58. The summed E-state index contributed by atoms with van der Waals surface area (Å²) in [5.41, 5.74) is 0.948. The second-order valence-corrected chi connectivity index (χ2v) is 8.87. The molecule has 2 aromatic heterocycles. The van der Waals surface area contributed by atoms with Gasteiger partial charge in [-0.05, 0) is 45.4 Å². The van der Waals surface area contributed by atoms with Crippen LogP contribution in [-0.2, 0) is 9.47 Å². The third-order valence-electron chi connectivity index (χ3n) is 6.51. The molecular weight excluding hydrogens is 464 g/mol. The van der Waals surface area contributed by atoms with E-state index >= 15 is 0 Å². The van der Waals surface area contributed by atoms with E-state index in [0.29, 0.717) is 35.0 Å². The maximum absolute atomic E-state index is 13.9. The van der Waals surface area contributed by atoms with Gasteiger partial charge in [0.15, 0.2) is 12.5 Å². The smallest absolute Gasteiger partial charge is 0.150 e. The van der Waals surface area contributed by atoms with Gasteiger partial charge in [-0.15, -0.1) is 0 Å². The molecule has 0 N–H and O–H groups in total. The maximum Gasteiger partial charge on any atom is 0.150 e. The Balaban J connectivity index is 0.000000145. The number of benzene rings is 2. The Morgan fingerprint density at radius 3 is 1.89 bits per heavy atom. The molecule has 2 atom stereocenters. The van der Waals surface area contributed by atoms with Gasteiger partial charge in [-0.1, -0.05) is 0 Å². The van der Waals surface area contributed by atoms with Gasteiger partial charge < -0.3 is 9.47 Å². The average molecular weight is 491 g/mol. The molecule has 4 heterocycles. The van der Waals surface area contributed by atoms with E-state index in [-0.39, 0.29) is 18.0 Å². The Bertz CT molecular complexity index is 1340. The van der Waals surface area contributed by atoms with E-state index in [1.165, 1.54) is 31.5 Å². The van der Waals surface area contributed by atoms with Crippen LogP contribution >= 0.6 is 0 Å². The largest absolute Gasteiger partial charge is 0.356 e. The van der Waals surface area contributed by atoms with Crippen LogP contribution in [0, 0.1) is 30.2 Å². The van der Waals surface area contributed by atoms with Gasteiger partial charge in [-0.2, -0.15) is 10.2 Å².